The SMILES string of the molecule is Cc1ccc(COC(=O)Nc2ccc([C@H](C)NC(=O)c3ccc(C(C)C)nc3)cc2)cc1. The van der Waals surface area contributed by atoms with Gasteiger partial charge in [0.1, 0.15) is 6.61 Å². The van der Waals surface area contributed by atoms with E-state index in [0.29, 0.717) is 17.2 Å². The summed E-state index contributed by atoms with van der Waals surface area (Å²) in [5, 5.41) is 5.69. The van der Waals surface area contributed by atoms with Crippen LogP contribution in [0.2, 0.25) is 0 Å². The van der Waals surface area contributed by atoms with Crippen LogP contribution in [0, 0.1) is 6.92 Å². The van der Waals surface area contributed by atoms with Crippen LogP contribution < -0.4 is 10.6 Å². The van der Waals surface area contributed by atoms with Crippen LogP contribution in [0.25, 0.3) is 0 Å². The molecule has 0 aliphatic rings. The lowest BCUT2D eigenvalue weighted by Gasteiger charge is -2.15. The maximum absolute atomic E-state index is 12.5. The molecule has 2 aromatic carbocycles. The van der Waals surface area contributed by atoms with Gasteiger partial charge in [-0.25, -0.2) is 4.79 Å². The Labute approximate surface area is 189 Å². The molecule has 6 heteroatoms. The average molecular weight is 432 g/mol. The Hall–Kier alpha value is -3.67. The van der Waals surface area contributed by atoms with Gasteiger partial charge >= 0.3 is 6.09 Å². The molecule has 1 atom stereocenters. The Morgan fingerprint density at radius 2 is 1.62 bits per heavy atom. The molecule has 2 amide bonds. The number of amides is 2. The van der Waals surface area contributed by atoms with E-state index in [1.54, 1.807) is 24.4 Å². The van der Waals surface area contributed by atoms with Crippen molar-refractivity contribution in [1.82, 2.24) is 10.3 Å². The van der Waals surface area contributed by atoms with E-state index in [4.69, 9.17) is 4.74 Å². The number of ether oxygens (including phenoxy) is 1. The fourth-order valence-electron chi connectivity index (χ4n) is 3.09. The largest absolute Gasteiger partial charge is 0.444 e. The number of aryl methyl sites for hydroxylation is 1. The van der Waals surface area contributed by atoms with Crippen LogP contribution in [0.4, 0.5) is 10.5 Å². The lowest BCUT2D eigenvalue weighted by Crippen LogP contribution is -2.26. The maximum Gasteiger partial charge on any atom is 0.411 e. The lowest BCUT2D eigenvalue weighted by molar-refractivity contribution is 0.0939. The van der Waals surface area contributed by atoms with E-state index >= 15 is 0 Å². The first-order valence-corrected chi connectivity index (χ1v) is 10.7. The molecule has 1 aromatic heterocycles. The summed E-state index contributed by atoms with van der Waals surface area (Å²) >= 11 is 0. The van der Waals surface area contributed by atoms with Crippen molar-refractivity contribution in [2.75, 3.05) is 5.32 Å². The molecular weight excluding hydrogens is 402 g/mol. The quantitative estimate of drug-likeness (QED) is 0.499. The minimum atomic E-state index is -0.517. The molecule has 2 N–H and O–H groups in total. The molecule has 0 unspecified atom stereocenters. The monoisotopic (exact) mass is 431 g/mol. The summed E-state index contributed by atoms with van der Waals surface area (Å²) in [6.45, 7) is 8.25. The molecule has 166 valence electrons. The predicted octanol–water partition coefficient (Wildman–Crippen LogP) is 5.75. The summed E-state index contributed by atoms with van der Waals surface area (Å²) in [5.74, 6) is 0.139. The minimum absolute atomic E-state index is 0.179. The van der Waals surface area contributed by atoms with Crippen molar-refractivity contribution in [1.29, 1.82) is 0 Å². The summed E-state index contributed by atoms with van der Waals surface area (Å²) in [7, 11) is 0. The lowest BCUT2D eigenvalue weighted by atomic mass is 10.1. The van der Waals surface area contributed by atoms with E-state index in [-0.39, 0.29) is 18.6 Å². The molecule has 3 aromatic rings. The number of anilines is 1. The van der Waals surface area contributed by atoms with Gasteiger partial charge in [-0.05, 0) is 55.2 Å². The molecule has 0 saturated heterocycles. The average Bonchev–Trinajstić information content (AvgIpc) is 2.79. The first-order valence-electron chi connectivity index (χ1n) is 10.7. The molecule has 6 nitrogen and oxygen atoms in total. The molecule has 0 saturated carbocycles. The third-order valence-corrected chi connectivity index (χ3v) is 5.14. The number of pyridine rings is 1. The van der Waals surface area contributed by atoms with E-state index in [2.05, 4.69) is 29.5 Å². The van der Waals surface area contributed by atoms with Gasteiger partial charge in [-0.3, -0.25) is 15.1 Å². The summed E-state index contributed by atoms with van der Waals surface area (Å²) in [6.07, 6.45) is 1.09. The normalized spacial score (nSPS) is 11.7. The number of hydrogen-bond acceptors (Lipinski definition) is 4. The molecule has 0 bridgehead atoms. The van der Waals surface area contributed by atoms with Crippen LogP contribution >= 0.6 is 0 Å². The Balaban J connectivity index is 1.50. The Kier molecular flexibility index (Phi) is 7.60. The minimum Gasteiger partial charge on any atom is -0.444 e. The topological polar surface area (TPSA) is 80.3 Å². The van der Waals surface area contributed by atoms with Gasteiger partial charge < -0.3 is 10.1 Å². The number of aromatic nitrogens is 1. The smallest absolute Gasteiger partial charge is 0.411 e. The highest BCUT2D eigenvalue weighted by atomic mass is 16.5. The van der Waals surface area contributed by atoms with Crippen LogP contribution in [-0.2, 0) is 11.3 Å². The van der Waals surface area contributed by atoms with E-state index in [9.17, 15) is 9.59 Å². The third-order valence-electron chi connectivity index (χ3n) is 5.14. The van der Waals surface area contributed by atoms with Crippen LogP contribution in [0.15, 0.2) is 66.9 Å². The summed E-state index contributed by atoms with van der Waals surface area (Å²) in [6, 6.07) is 18.6. The zero-order chi connectivity index (χ0) is 23.1. The van der Waals surface area contributed by atoms with Crippen molar-refractivity contribution in [3.05, 3.63) is 94.8 Å². The van der Waals surface area contributed by atoms with E-state index < -0.39 is 6.09 Å². The van der Waals surface area contributed by atoms with Gasteiger partial charge in [-0.1, -0.05) is 55.8 Å². The molecule has 32 heavy (non-hydrogen) atoms. The highest BCUT2D eigenvalue weighted by molar-refractivity contribution is 5.94. The summed E-state index contributed by atoms with van der Waals surface area (Å²) in [5.41, 5.74) is 5.10. The summed E-state index contributed by atoms with van der Waals surface area (Å²) in [4.78, 5) is 28.9. The van der Waals surface area contributed by atoms with Crippen molar-refractivity contribution in [2.24, 2.45) is 0 Å². The van der Waals surface area contributed by atoms with Crippen LogP contribution in [0.1, 0.15) is 65.5 Å². The Bertz CT molecular complexity index is 1040. The number of benzene rings is 2. The van der Waals surface area contributed by atoms with Gasteiger partial charge in [0, 0.05) is 17.6 Å². The number of carbonyl (C=O) groups excluding carboxylic acids is 2. The van der Waals surface area contributed by atoms with E-state index in [1.165, 1.54) is 0 Å². The molecule has 0 spiro atoms. The number of hydrogen-bond donors (Lipinski definition) is 2. The second kappa shape index (κ2) is 10.6. The van der Waals surface area contributed by atoms with Crippen molar-refractivity contribution in [2.45, 2.75) is 46.3 Å². The molecule has 3 rings (SSSR count). The fourth-order valence-corrected chi connectivity index (χ4v) is 3.09. The fraction of sp³-hybridized carbons (Fsp3) is 0.269. The van der Waals surface area contributed by atoms with Gasteiger partial charge in [0.15, 0.2) is 0 Å². The zero-order valence-corrected chi connectivity index (χ0v) is 18.9. The Morgan fingerprint density at radius 3 is 2.22 bits per heavy atom. The van der Waals surface area contributed by atoms with Gasteiger partial charge in [-0.2, -0.15) is 0 Å². The first-order chi connectivity index (χ1) is 15.3. The molecule has 0 aliphatic heterocycles. The molecule has 0 radical (unpaired) electrons. The molecule has 0 fully saturated rings. The van der Waals surface area contributed by atoms with Crippen LogP contribution in [0.3, 0.4) is 0 Å². The van der Waals surface area contributed by atoms with E-state index in [0.717, 1.165) is 22.4 Å². The highest BCUT2D eigenvalue weighted by Crippen LogP contribution is 2.18. The standard InChI is InChI=1S/C26H29N3O3/c1-17(2)24-14-11-22(15-27-24)25(30)28-19(4)21-9-12-23(13-10-21)29-26(31)32-16-20-7-5-18(3)6-8-20/h5-15,17,19H,16H2,1-4H3,(H,28,30)(H,29,31)/t19-/m0/s1. The second-order valence-electron chi connectivity index (χ2n) is 8.13. The van der Waals surface area contributed by atoms with Crippen LogP contribution in [-0.4, -0.2) is 17.0 Å². The predicted molar refractivity (Wildman–Crippen MR) is 126 cm³/mol. The molecule has 1 heterocycles. The van der Waals surface area contributed by atoms with Crippen molar-refractivity contribution in [3.63, 3.8) is 0 Å². The first kappa shape index (κ1) is 23.0. The maximum atomic E-state index is 12.5. The van der Waals surface area contributed by atoms with Crippen molar-refractivity contribution in [3.8, 4) is 0 Å². The van der Waals surface area contributed by atoms with Crippen molar-refractivity contribution >= 4 is 17.7 Å². The second-order valence-corrected chi connectivity index (χ2v) is 8.13. The van der Waals surface area contributed by atoms with Gasteiger partial charge in [0.2, 0.25) is 0 Å². The van der Waals surface area contributed by atoms with Crippen molar-refractivity contribution < 1.29 is 14.3 Å². The number of carbonyl (C=O) groups is 2. The Morgan fingerprint density at radius 1 is 0.938 bits per heavy atom. The molecule has 0 aliphatic carbocycles. The van der Waals surface area contributed by atoms with E-state index in [1.807, 2.05) is 56.3 Å². The van der Waals surface area contributed by atoms with Crippen LogP contribution in [0.5, 0.6) is 0 Å². The zero-order valence-electron chi connectivity index (χ0n) is 18.9. The van der Waals surface area contributed by atoms with Gasteiger partial charge in [-0.15, -0.1) is 0 Å². The number of nitrogens with zero attached hydrogens (tertiary/aromatic N) is 1. The number of rotatable bonds is 7. The highest BCUT2D eigenvalue weighted by Gasteiger charge is 2.13. The third kappa shape index (κ3) is 6.41. The van der Waals surface area contributed by atoms with Gasteiger partial charge in [0.05, 0.1) is 11.6 Å². The number of nitrogens with one attached hydrogen (secondary N) is 2. The summed E-state index contributed by atoms with van der Waals surface area (Å²) < 4.78 is 5.26. The van der Waals surface area contributed by atoms with Gasteiger partial charge in [0.25, 0.3) is 5.91 Å². The molecular formula is C26H29N3O3.